The van der Waals surface area contributed by atoms with Crippen molar-refractivity contribution in [3.05, 3.63) is 59.4 Å². The predicted octanol–water partition coefficient (Wildman–Crippen LogP) is 4.85. The molecule has 0 N–H and O–H groups in total. The van der Waals surface area contributed by atoms with Crippen LogP contribution in [0.1, 0.15) is 49.7 Å². The zero-order valence-corrected chi connectivity index (χ0v) is 15.8. The molecule has 1 unspecified atom stereocenters. The first-order valence-electron chi connectivity index (χ1n) is 8.97. The zero-order chi connectivity index (χ0) is 19.1. The van der Waals surface area contributed by atoms with Gasteiger partial charge in [-0.1, -0.05) is 12.1 Å². The van der Waals surface area contributed by atoms with Gasteiger partial charge in [0, 0.05) is 12.1 Å². The lowest BCUT2D eigenvalue weighted by molar-refractivity contribution is 0.0701. The minimum Gasteiger partial charge on any atom is -0.490 e. The zero-order valence-electron chi connectivity index (χ0n) is 15.8. The largest absolute Gasteiger partial charge is 0.490 e. The van der Waals surface area contributed by atoms with Gasteiger partial charge in [-0.3, -0.25) is 4.79 Å². The summed E-state index contributed by atoms with van der Waals surface area (Å²) in [5.41, 5.74) is 1.42. The molecule has 0 saturated carbocycles. The van der Waals surface area contributed by atoms with Gasteiger partial charge in [0.2, 0.25) is 0 Å². The van der Waals surface area contributed by atoms with Crippen LogP contribution >= 0.6 is 0 Å². The molecule has 2 aromatic rings. The number of rotatable bonds is 8. The Bertz CT molecular complexity index is 731. The van der Waals surface area contributed by atoms with E-state index in [2.05, 4.69) is 0 Å². The highest BCUT2D eigenvalue weighted by Crippen LogP contribution is 2.30. The molecule has 2 rings (SSSR count). The van der Waals surface area contributed by atoms with E-state index >= 15 is 0 Å². The first kappa shape index (κ1) is 19.8. The van der Waals surface area contributed by atoms with Crippen molar-refractivity contribution in [1.82, 2.24) is 4.90 Å². The van der Waals surface area contributed by atoms with Crippen LogP contribution in [0.25, 0.3) is 0 Å². The lowest BCUT2D eigenvalue weighted by Gasteiger charge is -2.29. The topological polar surface area (TPSA) is 38.8 Å². The van der Waals surface area contributed by atoms with E-state index < -0.39 is 0 Å². The Labute approximate surface area is 154 Å². The van der Waals surface area contributed by atoms with Crippen LogP contribution in [0, 0.1) is 5.82 Å². The van der Waals surface area contributed by atoms with Gasteiger partial charge in [0.15, 0.2) is 11.5 Å². The highest BCUT2D eigenvalue weighted by atomic mass is 19.1. The summed E-state index contributed by atoms with van der Waals surface area (Å²) in [6.45, 7) is 9.20. The van der Waals surface area contributed by atoms with E-state index in [4.69, 9.17) is 9.47 Å². The van der Waals surface area contributed by atoms with E-state index in [1.165, 1.54) is 12.1 Å². The van der Waals surface area contributed by atoms with Crippen molar-refractivity contribution in [3.8, 4) is 11.5 Å². The molecule has 26 heavy (non-hydrogen) atoms. The monoisotopic (exact) mass is 359 g/mol. The van der Waals surface area contributed by atoms with Crippen molar-refractivity contribution in [3.63, 3.8) is 0 Å². The number of carbonyl (C=O) groups is 1. The number of nitrogens with zero attached hydrogens (tertiary/aromatic N) is 1. The van der Waals surface area contributed by atoms with E-state index in [1.807, 2.05) is 27.7 Å². The molecule has 1 amide bonds. The second-order valence-corrected chi connectivity index (χ2v) is 5.85. The standard InChI is InChI=1S/C21H26FNO3/c1-5-23(15(4)16-8-11-18(22)12-9-16)21(24)17-10-13-19(25-6-2)20(14-17)26-7-3/h8-15H,5-7H2,1-4H3. The molecule has 5 heteroatoms. The third kappa shape index (κ3) is 4.54. The van der Waals surface area contributed by atoms with Crippen LogP contribution < -0.4 is 9.47 Å². The van der Waals surface area contributed by atoms with Crippen LogP contribution in [-0.2, 0) is 0 Å². The van der Waals surface area contributed by atoms with Crippen LogP contribution in [0.4, 0.5) is 4.39 Å². The predicted molar refractivity (Wildman–Crippen MR) is 100 cm³/mol. The van der Waals surface area contributed by atoms with Crippen LogP contribution in [-0.4, -0.2) is 30.6 Å². The fourth-order valence-corrected chi connectivity index (χ4v) is 2.86. The van der Waals surface area contributed by atoms with Crippen LogP contribution in [0.3, 0.4) is 0 Å². The average Bonchev–Trinajstić information content (AvgIpc) is 2.64. The molecular formula is C21H26FNO3. The maximum atomic E-state index is 13.2. The van der Waals surface area contributed by atoms with Crippen molar-refractivity contribution in [2.45, 2.75) is 33.7 Å². The third-order valence-electron chi connectivity index (χ3n) is 4.21. The molecule has 2 aromatic carbocycles. The lowest BCUT2D eigenvalue weighted by Crippen LogP contribution is -2.33. The number of benzene rings is 2. The molecule has 0 aromatic heterocycles. The van der Waals surface area contributed by atoms with Gasteiger partial charge in [0.25, 0.3) is 5.91 Å². The van der Waals surface area contributed by atoms with Gasteiger partial charge >= 0.3 is 0 Å². The summed E-state index contributed by atoms with van der Waals surface area (Å²) in [6.07, 6.45) is 0. The Morgan fingerprint density at radius 3 is 2.19 bits per heavy atom. The first-order valence-corrected chi connectivity index (χ1v) is 8.97. The number of amides is 1. The molecule has 0 radical (unpaired) electrons. The van der Waals surface area contributed by atoms with E-state index in [0.717, 1.165) is 5.56 Å². The third-order valence-corrected chi connectivity index (χ3v) is 4.21. The Kier molecular flexibility index (Phi) is 7.01. The van der Waals surface area contributed by atoms with Gasteiger partial charge < -0.3 is 14.4 Å². The molecule has 0 aliphatic carbocycles. The van der Waals surface area contributed by atoms with Gasteiger partial charge in [0.1, 0.15) is 5.82 Å². The summed E-state index contributed by atoms with van der Waals surface area (Å²) in [5, 5.41) is 0. The average molecular weight is 359 g/mol. The van der Waals surface area contributed by atoms with Crippen LogP contribution in [0.5, 0.6) is 11.5 Å². The second-order valence-electron chi connectivity index (χ2n) is 5.85. The first-order chi connectivity index (χ1) is 12.5. The van der Waals surface area contributed by atoms with E-state index in [9.17, 15) is 9.18 Å². The van der Waals surface area contributed by atoms with Gasteiger partial charge in [0.05, 0.1) is 19.3 Å². The van der Waals surface area contributed by atoms with E-state index in [-0.39, 0.29) is 17.8 Å². The van der Waals surface area contributed by atoms with Crippen molar-refractivity contribution in [1.29, 1.82) is 0 Å². The summed E-state index contributed by atoms with van der Waals surface area (Å²) < 4.78 is 24.3. The summed E-state index contributed by atoms with van der Waals surface area (Å²) >= 11 is 0. The highest BCUT2D eigenvalue weighted by Gasteiger charge is 2.22. The fraction of sp³-hybridized carbons (Fsp3) is 0.381. The van der Waals surface area contributed by atoms with Gasteiger partial charge in [-0.2, -0.15) is 0 Å². The van der Waals surface area contributed by atoms with Gasteiger partial charge in [-0.05, 0) is 63.6 Å². The SMILES string of the molecule is CCOc1ccc(C(=O)N(CC)C(C)c2ccc(F)cc2)cc1OCC. The second kappa shape index (κ2) is 9.22. The fourth-order valence-electron chi connectivity index (χ4n) is 2.86. The molecule has 140 valence electrons. The number of hydrogen-bond donors (Lipinski definition) is 0. The molecule has 0 saturated heterocycles. The minimum atomic E-state index is -0.289. The highest BCUT2D eigenvalue weighted by molar-refractivity contribution is 5.95. The van der Waals surface area contributed by atoms with Crippen molar-refractivity contribution >= 4 is 5.91 Å². The molecule has 0 bridgehead atoms. The normalized spacial score (nSPS) is 11.7. The van der Waals surface area contributed by atoms with E-state index in [1.54, 1.807) is 35.2 Å². The van der Waals surface area contributed by atoms with E-state index in [0.29, 0.717) is 36.8 Å². The quantitative estimate of drug-likeness (QED) is 0.676. The number of carbonyl (C=O) groups excluding carboxylic acids is 1. The summed E-state index contributed by atoms with van der Waals surface area (Å²) in [6, 6.07) is 11.3. The van der Waals surface area contributed by atoms with Crippen molar-refractivity contribution in [2.24, 2.45) is 0 Å². The number of hydrogen-bond acceptors (Lipinski definition) is 3. The molecule has 0 aliphatic heterocycles. The van der Waals surface area contributed by atoms with Crippen LogP contribution in [0.15, 0.2) is 42.5 Å². The van der Waals surface area contributed by atoms with Crippen LogP contribution in [0.2, 0.25) is 0 Å². The molecule has 0 fully saturated rings. The Morgan fingerprint density at radius 1 is 1.00 bits per heavy atom. The van der Waals surface area contributed by atoms with Crippen molar-refractivity contribution < 1.29 is 18.7 Å². The molecular weight excluding hydrogens is 333 g/mol. The maximum Gasteiger partial charge on any atom is 0.254 e. The van der Waals surface area contributed by atoms with Gasteiger partial charge in [-0.25, -0.2) is 4.39 Å². The molecule has 1 atom stereocenters. The molecule has 0 spiro atoms. The molecule has 4 nitrogen and oxygen atoms in total. The summed E-state index contributed by atoms with van der Waals surface area (Å²) in [7, 11) is 0. The number of halogens is 1. The Morgan fingerprint density at radius 2 is 1.62 bits per heavy atom. The molecule has 0 aliphatic rings. The Hall–Kier alpha value is -2.56. The smallest absolute Gasteiger partial charge is 0.254 e. The molecule has 0 heterocycles. The number of ether oxygens (including phenoxy) is 2. The Balaban J connectivity index is 2.29. The summed E-state index contributed by atoms with van der Waals surface area (Å²) in [5.74, 6) is 0.794. The summed E-state index contributed by atoms with van der Waals surface area (Å²) in [4.78, 5) is 14.8. The van der Waals surface area contributed by atoms with Gasteiger partial charge in [-0.15, -0.1) is 0 Å². The maximum absolute atomic E-state index is 13.2. The minimum absolute atomic E-state index is 0.103. The lowest BCUT2D eigenvalue weighted by atomic mass is 10.1. The van der Waals surface area contributed by atoms with Crippen molar-refractivity contribution in [2.75, 3.05) is 19.8 Å².